The minimum absolute atomic E-state index is 0. The van der Waals surface area contributed by atoms with Crippen molar-refractivity contribution in [2.75, 3.05) is 0 Å². The van der Waals surface area contributed by atoms with Crippen LogP contribution in [0.1, 0.15) is 26.3 Å². The molecule has 207 valence electrons. The molecular formula is C37H34IrN3-. The average Bonchev–Trinajstić information content (AvgIpc) is 3.03. The Bertz CT molecular complexity index is 1390. The first-order chi connectivity index (χ1) is 19.5. The summed E-state index contributed by atoms with van der Waals surface area (Å²) in [4.78, 5) is 12.9. The van der Waals surface area contributed by atoms with Crippen molar-refractivity contribution < 1.29 is 20.1 Å². The van der Waals surface area contributed by atoms with Gasteiger partial charge in [0.05, 0.1) is 11.4 Å². The molecule has 0 saturated heterocycles. The van der Waals surface area contributed by atoms with Gasteiger partial charge in [0, 0.05) is 49.8 Å². The number of pyridine rings is 3. The molecule has 3 heterocycles. The number of rotatable bonds is 3. The fourth-order valence-corrected chi connectivity index (χ4v) is 3.88. The van der Waals surface area contributed by atoms with E-state index in [1.807, 2.05) is 116 Å². The van der Waals surface area contributed by atoms with E-state index in [0.717, 1.165) is 33.8 Å². The Morgan fingerprint density at radius 3 is 1.41 bits per heavy atom. The van der Waals surface area contributed by atoms with Gasteiger partial charge < -0.3 is 4.98 Å². The zero-order chi connectivity index (χ0) is 28.0. The normalized spacial score (nSPS) is 10.1. The SMILES string of the molecule is CC(C)(C)c1ccnc(-c2[c-]cccc2)c1.[Ir].c1ccc(-c2ccccn2)cc1.c1ccc(-c2ccccn2)cc1. The second-order valence-corrected chi connectivity index (χ2v) is 10.1. The Morgan fingerprint density at radius 2 is 0.976 bits per heavy atom. The van der Waals surface area contributed by atoms with Crippen LogP contribution in [0.3, 0.4) is 0 Å². The van der Waals surface area contributed by atoms with E-state index in [4.69, 9.17) is 0 Å². The van der Waals surface area contributed by atoms with Gasteiger partial charge in [-0.2, -0.15) is 0 Å². The molecule has 0 aliphatic carbocycles. The van der Waals surface area contributed by atoms with E-state index in [-0.39, 0.29) is 25.5 Å². The molecule has 4 heteroatoms. The second kappa shape index (κ2) is 16.1. The molecule has 0 bridgehead atoms. The molecule has 0 N–H and O–H groups in total. The van der Waals surface area contributed by atoms with E-state index in [0.29, 0.717) is 0 Å². The Balaban J connectivity index is 0.000000169. The third-order valence-electron chi connectivity index (χ3n) is 6.08. The molecule has 0 fully saturated rings. The van der Waals surface area contributed by atoms with E-state index in [9.17, 15) is 0 Å². The van der Waals surface area contributed by atoms with Gasteiger partial charge in [0.15, 0.2) is 0 Å². The van der Waals surface area contributed by atoms with Gasteiger partial charge in [0.25, 0.3) is 0 Å². The molecule has 0 aliphatic heterocycles. The van der Waals surface area contributed by atoms with Crippen molar-refractivity contribution in [3.8, 4) is 33.8 Å². The van der Waals surface area contributed by atoms with Crippen molar-refractivity contribution in [1.29, 1.82) is 0 Å². The maximum absolute atomic E-state index is 4.39. The molecule has 3 nitrogen and oxygen atoms in total. The maximum atomic E-state index is 4.39. The largest absolute Gasteiger partial charge is 0.305 e. The molecule has 0 unspecified atom stereocenters. The van der Waals surface area contributed by atoms with Gasteiger partial charge >= 0.3 is 0 Å². The van der Waals surface area contributed by atoms with Crippen molar-refractivity contribution in [3.05, 3.63) is 164 Å². The Labute approximate surface area is 257 Å². The van der Waals surface area contributed by atoms with Gasteiger partial charge in [-0.3, -0.25) is 9.97 Å². The first kappa shape index (κ1) is 31.3. The predicted octanol–water partition coefficient (Wildman–Crippen LogP) is 9.34. The Kier molecular flexibility index (Phi) is 12.3. The van der Waals surface area contributed by atoms with Crippen LogP contribution in [0.25, 0.3) is 33.8 Å². The topological polar surface area (TPSA) is 38.7 Å². The smallest absolute Gasteiger partial charge is 0.0701 e. The van der Waals surface area contributed by atoms with E-state index in [1.54, 1.807) is 0 Å². The molecule has 3 aromatic carbocycles. The van der Waals surface area contributed by atoms with Crippen molar-refractivity contribution >= 4 is 0 Å². The summed E-state index contributed by atoms with van der Waals surface area (Å²) in [5, 5.41) is 0. The molecule has 41 heavy (non-hydrogen) atoms. The molecule has 0 atom stereocenters. The van der Waals surface area contributed by atoms with E-state index >= 15 is 0 Å². The third-order valence-corrected chi connectivity index (χ3v) is 6.08. The Morgan fingerprint density at radius 1 is 0.488 bits per heavy atom. The zero-order valence-corrected chi connectivity index (χ0v) is 26.0. The van der Waals surface area contributed by atoms with E-state index in [1.165, 1.54) is 5.56 Å². The number of benzene rings is 3. The number of nitrogens with zero attached hydrogens (tertiary/aromatic N) is 3. The summed E-state index contributed by atoms with van der Waals surface area (Å²) in [6.45, 7) is 6.63. The Hall–Kier alpha value is -4.24. The molecule has 3 aromatic heterocycles. The molecule has 1 radical (unpaired) electrons. The molecule has 6 aromatic rings. The van der Waals surface area contributed by atoms with Gasteiger partial charge in [-0.25, -0.2) is 0 Å². The van der Waals surface area contributed by atoms with Gasteiger partial charge in [-0.15, -0.1) is 35.9 Å². The van der Waals surface area contributed by atoms with Crippen LogP contribution in [0.2, 0.25) is 0 Å². The summed E-state index contributed by atoms with van der Waals surface area (Å²) in [5.41, 5.74) is 7.88. The quantitative estimate of drug-likeness (QED) is 0.172. The van der Waals surface area contributed by atoms with Gasteiger partial charge in [-0.05, 0) is 47.0 Å². The molecule has 0 amide bonds. The van der Waals surface area contributed by atoms with Gasteiger partial charge in [0.2, 0.25) is 0 Å². The van der Waals surface area contributed by atoms with Crippen LogP contribution in [0.4, 0.5) is 0 Å². The standard InChI is InChI=1S/C15H16N.2C11H9N.Ir/c1-15(2,3)13-9-10-16-14(11-13)12-7-5-4-6-8-12;2*1-2-6-10(7-3-1)11-8-4-5-9-12-11;/h4-7,9-11H,1-3H3;2*1-9H;/q-1;;;. The van der Waals surface area contributed by atoms with Crippen LogP contribution in [0.15, 0.2) is 152 Å². The summed E-state index contributed by atoms with van der Waals surface area (Å²) in [6.07, 6.45) is 5.49. The van der Waals surface area contributed by atoms with Crippen LogP contribution in [-0.4, -0.2) is 15.0 Å². The summed E-state index contributed by atoms with van der Waals surface area (Å²) < 4.78 is 0. The summed E-state index contributed by atoms with van der Waals surface area (Å²) in [7, 11) is 0. The van der Waals surface area contributed by atoms with Crippen molar-refractivity contribution in [1.82, 2.24) is 15.0 Å². The third kappa shape index (κ3) is 10.0. The summed E-state index contributed by atoms with van der Waals surface area (Å²) >= 11 is 0. The molecule has 0 spiro atoms. The minimum Gasteiger partial charge on any atom is -0.305 e. The number of aromatic nitrogens is 3. The first-order valence-electron chi connectivity index (χ1n) is 13.4. The van der Waals surface area contributed by atoms with Gasteiger partial charge in [0.1, 0.15) is 0 Å². The van der Waals surface area contributed by atoms with Crippen molar-refractivity contribution in [2.45, 2.75) is 26.2 Å². The second-order valence-electron chi connectivity index (χ2n) is 10.1. The molecular weight excluding hydrogens is 679 g/mol. The number of hydrogen-bond donors (Lipinski definition) is 0. The zero-order valence-electron chi connectivity index (χ0n) is 23.6. The average molecular weight is 713 g/mol. The number of hydrogen-bond acceptors (Lipinski definition) is 3. The fourth-order valence-electron chi connectivity index (χ4n) is 3.88. The summed E-state index contributed by atoms with van der Waals surface area (Å²) in [6, 6.07) is 47.5. The monoisotopic (exact) mass is 713 g/mol. The summed E-state index contributed by atoms with van der Waals surface area (Å²) in [5.74, 6) is 0. The van der Waals surface area contributed by atoms with Crippen molar-refractivity contribution in [2.24, 2.45) is 0 Å². The van der Waals surface area contributed by atoms with Crippen LogP contribution < -0.4 is 0 Å². The molecule has 0 saturated carbocycles. The first-order valence-corrected chi connectivity index (χ1v) is 13.4. The van der Waals surface area contributed by atoms with E-state index < -0.39 is 0 Å². The van der Waals surface area contributed by atoms with Crippen LogP contribution >= 0.6 is 0 Å². The predicted molar refractivity (Wildman–Crippen MR) is 167 cm³/mol. The molecule has 6 rings (SSSR count). The van der Waals surface area contributed by atoms with Crippen molar-refractivity contribution in [3.63, 3.8) is 0 Å². The minimum atomic E-state index is 0. The fraction of sp³-hybridized carbons (Fsp3) is 0.108. The van der Waals surface area contributed by atoms with Crippen LogP contribution in [0, 0.1) is 6.07 Å². The van der Waals surface area contributed by atoms with Gasteiger partial charge in [-0.1, -0.05) is 99.6 Å². The maximum Gasteiger partial charge on any atom is 0.0701 e. The molecule has 0 aliphatic rings. The van der Waals surface area contributed by atoms with Crippen LogP contribution in [-0.2, 0) is 25.5 Å². The van der Waals surface area contributed by atoms with Crippen LogP contribution in [0.5, 0.6) is 0 Å². The van der Waals surface area contributed by atoms with E-state index in [2.05, 4.69) is 78.2 Å².